The van der Waals surface area contributed by atoms with Gasteiger partial charge in [-0.05, 0) is 34.1 Å². The van der Waals surface area contributed by atoms with Crippen LogP contribution in [0.5, 0.6) is 0 Å². The molecule has 0 atom stereocenters. The summed E-state index contributed by atoms with van der Waals surface area (Å²) in [6.45, 7) is 0. The zero-order chi connectivity index (χ0) is 6.85. The van der Waals surface area contributed by atoms with E-state index in [-0.39, 0.29) is 19.5 Å². The Hall–Kier alpha value is 1.15. The third-order valence-electron chi connectivity index (χ3n) is 0.908. The second-order valence-electron chi connectivity index (χ2n) is 1.60. The van der Waals surface area contributed by atoms with E-state index in [1.54, 1.807) is 0 Å². The Morgan fingerprint density at radius 1 is 1.20 bits per heavy atom. The quantitative estimate of drug-likeness (QED) is 0.545. The average molecular weight is 333 g/mol. The van der Waals surface area contributed by atoms with Crippen molar-refractivity contribution in [1.29, 1.82) is 0 Å². The van der Waals surface area contributed by atoms with Crippen molar-refractivity contribution >= 4 is 44.5 Å². The zero-order valence-corrected chi connectivity index (χ0v) is 12.2. The molecule has 10 heavy (non-hydrogen) atoms. The summed E-state index contributed by atoms with van der Waals surface area (Å²) >= 11 is 10.8. The third-order valence-corrected chi connectivity index (χ3v) is 2.77. The molecule has 0 heterocycles. The molecule has 0 aliphatic rings. The van der Waals surface area contributed by atoms with E-state index < -0.39 is 0 Å². The van der Waals surface area contributed by atoms with Gasteiger partial charge in [0.25, 0.3) is 0 Å². The van der Waals surface area contributed by atoms with Crippen LogP contribution in [0.15, 0.2) is 32.0 Å². The van der Waals surface area contributed by atoms with Crippen molar-refractivity contribution in [1.82, 2.24) is 0 Å². The Kier molecular flexibility index (Phi) is 5.48. The summed E-state index contributed by atoms with van der Waals surface area (Å²) < 4.78 is 2.07. The van der Waals surface area contributed by atoms with Gasteiger partial charge in [0.05, 0.1) is 0 Å². The topological polar surface area (TPSA) is 0 Å². The van der Waals surface area contributed by atoms with Gasteiger partial charge >= 0.3 is 19.5 Å². The monoisotopic (exact) mass is 330 g/mol. The van der Waals surface area contributed by atoms with E-state index >= 15 is 0 Å². The Morgan fingerprint density at radius 2 is 1.80 bits per heavy atom. The van der Waals surface area contributed by atoms with Gasteiger partial charge in [-0.1, -0.05) is 15.9 Å². The zero-order valence-electron chi connectivity index (χ0n) is 5.14. The number of hydrogen-bond donors (Lipinski definition) is 1. The molecule has 0 fully saturated rings. The fourth-order valence-corrected chi connectivity index (χ4v) is 1.48. The van der Waals surface area contributed by atoms with E-state index in [1.807, 2.05) is 18.2 Å². The van der Waals surface area contributed by atoms with Gasteiger partial charge in [0, 0.05) is 13.8 Å². The second-order valence-corrected chi connectivity index (χ2v) is 3.85. The molecule has 1 rings (SSSR count). The molecule has 0 saturated carbocycles. The fourth-order valence-electron chi connectivity index (χ4n) is 0.486. The molecule has 0 N–H and O–H groups in total. The van der Waals surface area contributed by atoms with Crippen LogP contribution in [0.1, 0.15) is 0 Å². The van der Waals surface area contributed by atoms with E-state index in [0.29, 0.717) is 0 Å². The Bertz CT molecular complexity index is 227. The molecule has 48 valence electrons. The molecule has 1 aromatic rings. The standard InChI is InChI=1S/C6H4Br2S.Zn/c7-4-1-2-5(8)6(9)3-4;/h1-3,9H;/q;+2. The first-order valence-corrected chi connectivity index (χ1v) is 4.37. The SMILES string of the molecule is Sc1cc(Br)ccc1Br.[Zn+2]. The molecule has 0 aliphatic carbocycles. The Morgan fingerprint density at radius 3 is 2.20 bits per heavy atom. The van der Waals surface area contributed by atoms with E-state index in [1.165, 1.54) is 0 Å². The molecule has 0 saturated heterocycles. The van der Waals surface area contributed by atoms with Gasteiger partial charge in [0.2, 0.25) is 0 Å². The first kappa shape index (κ1) is 11.2. The molecule has 0 amide bonds. The van der Waals surface area contributed by atoms with Gasteiger partial charge in [-0.2, -0.15) is 0 Å². The Balaban J connectivity index is 0.000000810. The van der Waals surface area contributed by atoms with Crippen LogP contribution in [0.3, 0.4) is 0 Å². The van der Waals surface area contributed by atoms with Gasteiger partial charge in [0.1, 0.15) is 0 Å². The van der Waals surface area contributed by atoms with Crippen LogP contribution < -0.4 is 0 Å². The largest absolute Gasteiger partial charge is 2.00 e. The number of halogens is 2. The van der Waals surface area contributed by atoms with Crippen LogP contribution in [-0.4, -0.2) is 0 Å². The van der Waals surface area contributed by atoms with E-state index in [4.69, 9.17) is 0 Å². The fraction of sp³-hybridized carbons (Fsp3) is 0. The van der Waals surface area contributed by atoms with Crippen molar-refractivity contribution in [2.45, 2.75) is 4.90 Å². The van der Waals surface area contributed by atoms with Crippen molar-refractivity contribution in [3.8, 4) is 0 Å². The van der Waals surface area contributed by atoms with Gasteiger partial charge in [-0.25, -0.2) is 0 Å². The third kappa shape index (κ3) is 3.04. The number of rotatable bonds is 0. The maximum absolute atomic E-state index is 4.19. The smallest absolute Gasteiger partial charge is 0.142 e. The summed E-state index contributed by atoms with van der Waals surface area (Å²) in [6, 6.07) is 5.85. The first-order chi connectivity index (χ1) is 4.20. The predicted molar refractivity (Wildman–Crippen MR) is 49.1 cm³/mol. The van der Waals surface area contributed by atoms with Crippen LogP contribution in [0.25, 0.3) is 0 Å². The van der Waals surface area contributed by atoms with Crippen molar-refractivity contribution in [3.05, 3.63) is 27.1 Å². The number of benzene rings is 1. The summed E-state index contributed by atoms with van der Waals surface area (Å²) in [6.07, 6.45) is 0. The van der Waals surface area contributed by atoms with Gasteiger partial charge < -0.3 is 0 Å². The molecular formula is C6H4Br2SZn+2. The van der Waals surface area contributed by atoms with E-state index in [2.05, 4.69) is 44.5 Å². The minimum atomic E-state index is 0. The molecule has 0 radical (unpaired) electrons. The molecular weight excluding hydrogens is 329 g/mol. The number of hydrogen-bond acceptors (Lipinski definition) is 1. The molecule has 0 nitrogen and oxygen atoms in total. The first-order valence-electron chi connectivity index (χ1n) is 2.34. The molecule has 0 bridgehead atoms. The Labute approximate surface area is 95.2 Å². The maximum Gasteiger partial charge on any atom is 2.00 e. The molecule has 0 aromatic heterocycles. The van der Waals surface area contributed by atoms with Gasteiger partial charge in [-0.15, -0.1) is 12.6 Å². The average Bonchev–Trinajstić information content (AvgIpc) is 1.80. The van der Waals surface area contributed by atoms with Crippen LogP contribution in [0.4, 0.5) is 0 Å². The summed E-state index contributed by atoms with van der Waals surface area (Å²) in [7, 11) is 0. The van der Waals surface area contributed by atoms with Crippen molar-refractivity contribution in [2.75, 3.05) is 0 Å². The summed E-state index contributed by atoms with van der Waals surface area (Å²) in [5.74, 6) is 0. The summed E-state index contributed by atoms with van der Waals surface area (Å²) in [4.78, 5) is 0.948. The molecule has 0 unspecified atom stereocenters. The van der Waals surface area contributed by atoms with Crippen LogP contribution in [0.2, 0.25) is 0 Å². The summed E-state index contributed by atoms with van der Waals surface area (Å²) in [5, 5.41) is 0. The number of thiol groups is 1. The minimum Gasteiger partial charge on any atom is -0.142 e. The molecule has 0 aliphatic heterocycles. The van der Waals surface area contributed by atoms with Crippen molar-refractivity contribution in [3.63, 3.8) is 0 Å². The van der Waals surface area contributed by atoms with E-state index in [9.17, 15) is 0 Å². The van der Waals surface area contributed by atoms with Crippen LogP contribution >= 0.6 is 44.5 Å². The normalized spacial score (nSPS) is 8.70. The van der Waals surface area contributed by atoms with Crippen LogP contribution in [0, 0.1) is 0 Å². The molecule has 0 spiro atoms. The van der Waals surface area contributed by atoms with Crippen LogP contribution in [-0.2, 0) is 19.5 Å². The molecule has 1 aromatic carbocycles. The second kappa shape index (κ2) is 4.92. The predicted octanol–water partition coefficient (Wildman–Crippen LogP) is 3.50. The summed E-state index contributed by atoms with van der Waals surface area (Å²) in [5.41, 5.74) is 0. The minimum absolute atomic E-state index is 0. The van der Waals surface area contributed by atoms with Crippen molar-refractivity contribution < 1.29 is 19.5 Å². The van der Waals surface area contributed by atoms with Gasteiger partial charge in [-0.3, -0.25) is 0 Å². The van der Waals surface area contributed by atoms with Gasteiger partial charge in [0.15, 0.2) is 0 Å². The van der Waals surface area contributed by atoms with Crippen molar-refractivity contribution in [2.24, 2.45) is 0 Å². The van der Waals surface area contributed by atoms with E-state index in [0.717, 1.165) is 13.8 Å². The maximum atomic E-state index is 4.19. The molecule has 4 heteroatoms.